The Kier molecular flexibility index (Phi) is 3.69. The number of hydrogen-bond acceptors (Lipinski definition) is 4. The number of carbonyl (C=O) groups is 1. The lowest BCUT2D eigenvalue weighted by molar-refractivity contribution is -0.152. The summed E-state index contributed by atoms with van der Waals surface area (Å²) in [6.07, 6.45) is 1.93. The van der Waals surface area contributed by atoms with Crippen molar-refractivity contribution in [2.75, 3.05) is 20.1 Å². The van der Waals surface area contributed by atoms with Gasteiger partial charge in [-0.15, -0.1) is 0 Å². The minimum atomic E-state index is -0.500. The number of carbonyl (C=O) groups excluding carboxylic acids is 1. The van der Waals surface area contributed by atoms with Crippen LogP contribution in [0.1, 0.15) is 19.8 Å². The molecule has 0 radical (unpaired) electrons. The molecule has 1 aliphatic rings. The van der Waals surface area contributed by atoms with Crippen molar-refractivity contribution in [3.63, 3.8) is 0 Å². The summed E-state index contributed by atoms with van der Waals surface area (Å²) in [6, 6.07) is -0.500. The third-order valence-electron chi connectivity index (χ3n) is 2.32. The molecule has 1 atom stereocenters. The lowest BCUT2D eigenvalue weighted by Gasteiger charge is -2.28. The van der Waals surface area contributed by atoms with Gasteiger partial charge in [0.15, 0.2) is 0 Å². The molecule has 76 valence electrons. The molecule has 0 aliphatic carbocycles. The number of hydrogen-bond donors (Lipinski definition) is 1. The van der Waals surface area contributed by atoms with Crippen molar-refractivity contribution in [2.24, 2.45) is 5.73 Å². The van der Waals surface area contributed by atoms with Crippen LogP contribution in [0, 0.1) is 0 Å². The Morgan fingerprint density at radius 1 is 1.54 bits per heavy atom. The van der Waals surface area contributed by atoms with Crippen LogP contribution in [-0.4, -0.2) is 43.2 Å². The van der Waals surface area contributed by atoms with Crippen LogP contribution in [0.2, 0.25) is 0 Å². The first-order valence-corrected chi connectivity index (χ1v) is 4.74. The number of ether oxygens (including phenoxy) is 1. The van der Waals surface area contributed by atoms with Crippen LogP contribution in [0.3, 0.4) is 0 Å². The van der Waals surface area contributed by atoms with E-state index >= 15 is 0 Å². The SMILES string of the molecule is C[C@@H](N)C(=O)OC1CCN(C)CC1. The van der Waals surface area contributed by atoms with Crippen molar-refractivity contribution >= 4 is 5.97 Å². The molecule has 0 bridgehead atoms. The van der Waals surface area contributed by atoms with Crippen molar-refractivity contribution in [1.82, 2.24) is 4.90 Å². The van der Waals surface area contributed by atoms with Gasteiger partial charge in [-0.3, -0.25) is 4.79 Å². The van der Waals surface area contributed by atoms with Crippen LogP contribution >= 0.6 is 0 Å². The van der Waals surface area contributed by atoms with E-state index < -0.39 is 6.04 Å². The summed E-state index contributed by atoms with van der Waals surface area (Å²) in [4.78, 5) is 13.4. The van der Waals surface area contributed by atoms with E-state index in [4.69, 9.17) is 10.5 Å². The Morgan fingerprint density at radius 3 is 2.54 bits per heavy atom. The van der Waals surface area contributed by atoms with Gasteiger partial charge in [0.05, 0.1) is 0 Å². The summed E-state index contributed by atoms with van der Waals surface area (Å²) >= 11 is 0. The zero-order valence-corrected chi connectivity index (χ0v) is 8.32. The van der Waals surface area contributed by atoms with Gasteiger partial charge in [-0.1, -0.05) is 0 Å². The molecule has 0 unspecified atom stereocenters. The minimum Gasteiger partial charge on any atom is -0.461 e. The summed E-state index contributed by atoms with van der Waals surface area (Å²) in [5.41, 5.74) is 5.40. The maximum absolute atomic E-state index is 11.1. The standard InChI is InChI=1S/C9H18N2O2/c1-7(10)9(12)13-8-3-5-11(2)6-4-8/h7-8H,3-6,10H2,1-2H3/t7-/m1/s1. The van der Waals surface area contributed by atoms with Gasteiger partial charge in [-0.2, -0.15) is 0 Å². The van der Waals surface area contributed by atoms with Crippen molar-refractivity contribution in [3.8, 4) is 0 Å². The molecular formula is C9H18N2O2. The number of nitrogens with zero attached hydrogens (tertiary/aromatic N) is 1. The molecule has 2 N–H and O–H groups in total. The molecule has 0 saturated carbocycles. The molecular weight excluding hydrogens is 168 g/mol. The van der Waals surface area contributed by atoms with Gasteiger partial charge in [-0.25, -0.2) is 0 Å². The number of likely N-dealkylation sites (tertiary alicyclic amines) is 1. The quantitative estimate of drug-likeness (QED) is 0.615. The maximum atomic E-state index is 11.1. The fourth-order valence-electron chi connectivity index (χ4n) is 1.37. The normalized spacial score (nSPS) is 22.7. The van der Waals surface area contributed by atoms with Crippen LogP contribution in [0.25, 0.3) is 0 Å². The Balaban J connectivity index is 2.26. The summed E-state index contributed by atoms with van der Waals surface area (Å²) in [5, 5.41) is 0. The Bertz CT molecular complexity index is 174. The molecule has 0 aromatic carbocycles. The molecule has 0 aromatic heterocycles. The van der Waals surface area contributed by atoms with Gasteiger partial charge in [0, 0.05) is 13.1 Å². The summed E-state index contributed by atoms with van der Waals surface area (Å²) < 4.78 is 5.21. The molecule has 1 fully saturated rings. The lowest BCUT2D eigenvalue weighted by atomic mass is 10.1. The van der Waals surface area contributed by atoms with Crippen LogP contribution in [0.4, 0.5) is 0 Å². The third-order valence-corrected chi connectivity index (χ3v) is 2.32. The van der Waals surface area contributed by atoms with Crippen molar-refractivity contribution in [1.29, 1.82) is 0 Å². The third kappa shape index (κ3) is 3.32. The van der Waals surface area contributed by atoms with Gasteiger partial charge in [-0.05, 0) is 26.8 Å². The highest BCUT2D eigenvalue weighted by Crippen LogP contribution is 2.12. The summed E-state index contributed by atoms with van der Waals surface area (Å²) in [6.45, 7) is 3.64. The fraction of sp³-hybridized carbons (Fsp3) is 0.889. The maximum Gasteiger partial charge on any atom is 0.322 e. The van der Waals surface area contributed by atoms with Crippen LogP contribution < -0.4 is 5.73 Å². The topological polar surface area (TPSA) is 55.6 Å². The Hall–Kier alpha value is -0.610. The van der Waals surface area contributed by atoms with E-state index in [9.17, 15) is 4.79 Å². The molecule has 0 spiro atoms. The average molecular weight is 186 g/mol. The molecule has 13 heavy (non-hydrogen) atoms. The molecule has 4 heteroatoms. The van der Waals surface area contributed by atoms with Crippen LogP contribution in [0.5, 0.6) is 0 Å². The first kappa shape index (κ1) is 10.5. The molecule has 1 saturated heterocycles. The molecule has 1 rings (SSSR count). The van der Waals surface area contributed by atoms with E-state index in [-0.39, 0.29) is 12.1 Å². The Labute approximate surface area is 79.0 Å². The molecule has 1 aliphatic heterocycles. The number of rotatable bonds is 2. The Morgan fingerprint density at radius 2 is 2.08 bits per heavy atom. The first-order valence-electron chi connectivity index (χ1n) is 4.74. The number of nitrogens with two attached hydrogens (primary N) is 1. The van der Waals surface area contributed by atoms with Crippen molar-refractivity contribution in [2.45, 2.75) is 31.9 Å². The van der Waals surface area contributed by atoms with Crippen molar-refractivity contribution < 1.29 is 9.53 Å². The van der Waals surface area contributed by atoms with Crippen molar-refractivity contribution in [3.05, 3.63) is 0 Å². The second-order valence-corrected chi connectivity index (χ2v) is 3.73. The predicted octanol–water partition coefficient (Wildman–Crippen LogP) is -0.0290. The van der Waals surface area contributed by atoms with Gasteiger partial charge < -0.3 is 15.4 Å². The summed E-state index contributed by atoms with van der Waals surface area (Å²) in [7, 11) is 2.07. The van der Waals surface area contributed by atoms with E-state index in [1.54, 1.807) is 6.92 Å². The van der Waals surface area contributed by atoms with E-state index in [1.165, 1.54) is 0 Å². The number of piperidine rings is 1. The smallest absolute Gasteiger partial charge is 0.322 e. The lowest BCUT2D eigenvalue weighted by Crippen LogP contribution is -2.38. The zero-order chi connectivity index (χ0) is 9.84. The van der Waals surface area contributed by atoms with E-state index in [0.29, 0.717) is 0 Å². The molecule has 0 aromatic rings. The highest BCUT2D eigenvalue weighted by Gasteiger charge is 2.21. The number of esters is 1. The average Bonchev–Trinajstić information content (AvgIpc) is 2.08. The summed E-state index contributed by atoms with van der Waals surface area (Å²) in [5.74, 6) is -0.283. The van der Waals surface area contributed by atoms with E-state index in [2.05, 4.69) is 11.9 Å². The van der Waals surface area contributed by atoms with Gasteiger partial charge >= 0.3 is 5.97 Å². The second kappa shape index (κ2) is 4.58. The van der Waals surface area contributed by atoms with Gasteiger partial charge in [0.25, 0.3) is 0 Å². The monoisotopic (exact) mass is 186 g/mol. The van der Waals surface area contributed by atoms with E-state index in [0.717, 1.165) is 25.9 Å². The largest absolute Gasteiger partial charge is 0.461 e. The highest BCUT2D eigenvalue weighted by atomic mass is 16.5. The predicted molar refractivity (Wildman–Crippen MR) is 50.3 cm³/mol. The second-order valence-electron chi connectivity index (χ2n) is 3.73. The molecule has 4 nitrogen and oxygen atoms in total. The first-order chi connectivity index (χ1) is 6.09. The molecule has 1 heterocycles. The minimum absolute atomic E-state index is 0.0784. The zero-order valence-electron chi connectivity index (χ0n) is 8.32. The van der Waals surface area contributed by atoms with Gasteiger partial charge in [0.2, 0.25) is 0 Å². The molecule has 0 amide bonds. The van der Waals surface area contributed by atoms with Crippen LogP contribution in [-0.2, 0) is 9.53 Å². The fourth-order valence-corrected chi connectivity index (χ4v) is 1.37. The van der Waals surface area contributed by atoms with E-state index in [1.807, 2.05) is 0 Å². The van der Waals surface area contributed by atoms with Crippen LogP contribution in [0.15, 0.2) is 0 Å². The highest BCUT2D eigenvalue weighted by molar-refractivity contribution is 5.75. The van der Waals surface area contributed by atoms with Gasteiger partial charge in [0.1, 0.15) is 12.1 Å².